The lowest BCUT2D eigenvalue weighted by atomic mass is 10.1. The minimum absolute atomic E-state index is 0.0425. The molecule has 0 aliphatic heterocycles. The van der Waals surface area contributed by atoms with E-state index in [9.17, 15) is 18.0 Å². The third-order valence-electron chi connectivity index (χ3n) is 6.39. The first-order valence-electron chi connectivity index (χ1n) is 12.9. The summed E-state index contributed by atoms with van der Waals surface area (Å²) in [5.41, 5.74) is 2.61. The first-order chi connectivity index (χ1) is 18.4. The molecule has 0 bridgehead atoms. The average Bonchev–Trinajstić information content (AvgIpc) is 2.91. The molecule has 0 heterocycles. The van der Waals surface area contributed by atoms with E-state index in [2.05, 4.69) is 5.32 Å². The Morgan fingerprint density at radius 1 is 0.923 bits per heavy atom. The fraction of sp³-hybridized carbons (Fsp3) is 0.333. The van der Waals surface area contributed by atoms with Crippen LogP contribution in [0.5, 0.6) is 0 Å². The van der Waals surface area contributed by atoms with Gasteiger partial charge in [0.25, 0.3) is 10.0 Å². The highest BCUT2D eigenvalue weighted by molar-refractivity contribution is 7.92. The largest absolute Gasteiger partial charge is 0.354 e. The molecule has 2 amide bonds. The molecule has 0 aromatic heterocycles. The number of rotatable bonds is 11. The maximum Gasteiger partial charge on any atom is 0.264 e. The van der Waals surface area contributed by atoms with Crippen LogP contribution < -0.4 is 9.62 Å². The van der Waals surface area contributed by atoms with Gasteiger partial charge in [0, 0.05) is 18.1 Å². The molecule has 208 valence electrons. The number of nitrogens with one attached hydrogen (secondary N) is 1. The number of halogens is 1. The van der Waals surface area contributed by atoms with Crippen molar-refractivity contribution in [3.63, 3.8) is 0 Å². The summed E-state index contributed by atoms with van der Waals surface area (Å²) in [6.07, 6.45) is 0. The summed E-state index contributed by atoms with van der Waals surface area (Å²) in [4.78, 5) is 28.5. The summed E-state index contributed by atoms with van der Waals surface area (Å²) in [5, 5.41) is 3.33. The molecule has 39 heavy (non-hydrogen) atoms. The van der Waals surface area contributed by atoms with E-state index in [4.69, 9.17) is 11.6 Å². The van der Waals surface area contributed by atoms with E-state index in [1.807, 2.05) is 32.9 Å². The van der Waals surface area contributed by atoms with E-state index in [1.54, 1.807) is 62.4 Å². The first-order valence-corrected chi connectivity index (χ1v) is 14.7. The molecular formula is C30H36ClN3O4S. The van der Waals surface area contributed by atoms with Gasteiger partial charge >= 0.3 is 0 Å². The van der Waals surface area contributed by atoms with E-state index in [-0.39, 0.29) is 23.3 Å². The Morgan fingerprint density at radius 2 is 1.56 bits per heavy atom. The smallest absolute Gasteiger partial charge is 0.264 e. The number of aryl methyl sites for hydroxylation is 2. The van der Waals surface area contributed by atoms with Gasteiger partial charge in [0.05, 0.1) is 10.6 Å². The number of benzene rings is 3. The molecule has 0 saturated heterocycles. The SMILES string of the molecule is Cc1ccc(C)c(N(CC(=O)N(Cc2ccccc2Cl)C(C)C(=O)NCC(C)C)S(=O)(=O)c2ccccc2)c1. The fourth-order valence-corrected chi connectivity index (χ4v) is 5.75. The second-order valence-electron chi connectivity index (χ2n) is 10.0. The van der Waals surface area contributed by atoms with Crippen molar-refractivity contribution in [2.45, 2.75) is 52.1 Å². The number of hydrogen-bond donors (Lipinski definition) is 1. The third kappa shape index (κ3) is 7.61. The summed E-state index contributed by atoms with van der Waals surface area (Å²) >= 11 is 6.41. The number of amides is 2. The number of hydrogen-bond acceptors (Lipinski definition) is 4. The van der Waals surface area contributed by atoms with Gasteiger partial charge in [-0.3, -0.25) is 13.9 Å². The minimum Gasteiger partial charge on any atom is -0.354 e. The third-order valence-corrected chi connectivity index (χ3v) is 8.54. The summed E-state index contributed by atoms with van der Waals surface area (Å²) in [5.74, 6) is -0.625. The van der Waals surface area contributed by atoms with Crippen LogP contribution in [0, 0.1) is 19.8 Å². The van der Waals surface area contributed by atoms with Crippen LogP contribution in [0.25, 0.3) is 0 Å². The van der Waals surface area contributed by atoms with Gasteiger partial charge in [-0.15, -0.1) is 0 Å². The molecule has 9 heteroatoms. The molecule has 1 unspecified atom stereocenters. The van der Waals surface area contributed by atoms with Crippen LogP contribution in [0.4, 0.5) is 5.69 Å². The minimum atomic E-state index is -4.11. The van der Waals surface area contributed by atoms with Crippen LogP contribution >= 0.6 is 11.6 Å². The maximum atomic E-state index is 14.0. The van der Waals surface area contributed by atoms with Gasteiger partial charge in [-0.1, -0.05) is 74.0 Å². The van der Waals surface area contributed by atoms with Crippen molar-refractivity contribution in [2.24, 2.45) is 5.92 Å². The number of sulfonamides is 1. The van der Waals surface area contributed by atoms with Crippen LogP contribution in [-0.2, 0) is 26.2 Å². The zero-order valence-electron chi connectivity index (χ0n) is 23.0. The number of carbonyl (C=O) groups is 2. The van der Waals surface area contributed by atoms with Crippen molar-refractivity contribution in [1.82, 2.24) is 10.2 Å². The maximum absolute atomic E-state index is 14.0. The van der Waals surface area contributed by atoms with Crippen molar-refractivity contribution in [2.75, 3.05) is 17.4 Å². The van der Waals surface area contributed by atoms with E-state index in [1.165, 1.54) is 17.0 Å². The van der Waals surface area contributed by atoms with Crippen molar-refractivity contribution < 1.29 is 18.0 Å². The van der Waals surface area contributed by atoms with Gasteiger partial charge in [0.15, 0.2) is 0 Å². The second-order valence-corrected chi connectivity index (χ2v) is 12.3. The first kappa shape index (κ1) is 30.2. The second kappa shape index (κ2) is 13.1. The number of anilines is 1. The highest BCUT2D eigenvalue weighted by atomic mass is 35.5. The molecule has 0 aliphatic rings. The van der Waals surface area contributed by atoms with Crippen LogP contribution in [0.15, 0.2) is 77.7 Å². The van der Waals surface area contributed by atoms with Crippen molar-refractivity contribution in [1.29, 1.82) is 0 Å². The number of nitrogens with zero attached hydrogens (tertiary/aromatic N) is 2. The molecular weight excluding hydrogens is 534 g/mol. The quantitative estimate of drug-likeness (QED) is 0.338. The Kier molecular flexibility index (Phi) is 10.2. The molecule has 3 aromatic rings. The lowest BCUT2D eigenvalue weighted by Crippen LogP contribution is -2.51. The molecule has 0 fully saturated rings. The lowest BCUT2D eigenvalue weighted by molar-refractivity contribution is -0.139. The van der Waals surface area contributed by atoms with Gasteiger partial charge in [0.1, 0.15) is 12.6 Å². The van der Waals surface area contributed by atoms with Gasteiger partial charge in [0.2, 0.25) is 11.8 Å². The van der Waals surface area contributed by atoms with E-state index >= 15 is 0 Å². The van der Waals surface area contributed by atoms with Gasteiger partial charge < -0.3 is 10.2 Å². The monoisotopic (exact) mass is 569 g/mol. The predicted octanol–water partition coefficient (Wildman–Crippen LogP) is 5.34. The Labute approximate surface area is 236 Å². The van der Waals surface area contributed by atoms with Crippen LogP contribution in [-0.4, -0.2) is 44.3 Å². The molecule has 7 nitrogen and oxygen atoms in total. The Hall–Kier alpha value is -3.36. The summed E-state index contributed by atoms with van der Waals surface area (Å²) in [7, 11) is -4.11. The van der Waals surface area contributed by atoms with Crippen LogP contribution in [0.3, 0.4) is 0 Å². The Bertz CT molecular complexity index is 1410. The molecule has 0 saturated carbocycles. The molecule has 0 aliphatic carbocycles. The van der Waals surface area contributed by atoms with Crippen molar-refractivity contribution >= 4 is 39.1 Å². The number of carbonyl (C=O) groups excluding carboxylic acids is 2. The lowest BCUT2D eigenvalue weighted by Gasteiger charge is -2.32. The van der Waals surface area contributed by atoms with Gasteiger partial charge in [-0.2, -0.15) is 0 Å². The van der Waals surface area contributed by atoms with Gasteiger partial charge in [-0.25, -0.2) is 8.42 Å². The topological polar surface area (TPSA) is 86.8 Å². The zero-order chi connectivity index (χ0) is 28.7. The molecule has 0 spiro atoms. The van der Waals surface area contributed by atoms with Gasteiger partial charge in [-0.05, 0) is 67.6 Å². The van der Waals surface area contributed by atoms with Crippen molar-refractivity contribution in [3.8, 4) is 0 Å². The fourth-order valence-electron chi connectivity index (χ4n) is 4.07. The summed E-state index contributed by atoms with van der Waals surface area (Å²) < 4.78 is 28.9. The van der Waals surface area contributed by atoms with Crippen LogP contribution in [0.1, 0.15) is 37.5 Å². The molecule has 1 N–H and O–H groups in total. The standard InChI is InChI=1S/C30H36ClN3O4S/c1-21(2)18-32-30(36)24(5)33(19-25-11-9-10-14-27(25)31)29(35)20-34(28-17-22(3)15-16-23(28)4)39(37,38)26-12-7-6-8-13-26/h6-17,21,24H,18-20H2,1-5H3,(H,32,36). The van der Waals surface area contributed by atoms with Crippen molar-refractivity contribution in [3.05, 3.63) is 94.5 Å². The van der Waals surface area contributed by atoms with E-state index < -0.39 is 28.5 Å². The average molecular weight is 570 g/mol. The summed E-state index contributed by atoms with van der Waals surface area (Å²) in [6.45, 7) is 9.27. The normalized spacial score (nSPS) is 12.2. The highest BCUT2D eigenvalue weighted by Crippen LogP contribution is 2.29. The van der Waals surface area contributed by atoms with E-state index in [0.717, 1.165) is 9.87 Å². The zero-order valence-corrected chi connectivity index (χ0v) is 24.6. The predicted molar refractivity (Wildman–Crippen MR) is 156 cm³/mol. The molecule has 0 radical (unpaired) electrons. The molecule has 3 aromatic carbocycles. The molecule has 1 atom stereocenters. The van der Waals surface area contributed by atoms with E-state index in [0.29, 0.717) is 28.4 Å². The Balaban J connectivity index is 2.05. The molecule has 3 rings (SSSR count). The summed E-state index contributed by atoms with van der Waals surface area (Å²) in [6, 6.07) is 19.7. The highest BCUT2D eigenvalue weighted by Gasteiger charge is 2.33. The Morgan fingerprint density at radius 3 is 2.21 bits per heavy atom. The van der Waals surface area contributed by atoms with Crippen LogP contribution in [0.2, 0.25) is 5.02 Å².